The number of ether oxygens (including phenoxy) is 2. The topological polar surface area (TPSA) is 57.4 Å². The van der Waals surface area contributed by atoms with Gasteiger partial charge < -0.3 is 15.2 Å². The zero-order valence-corrected chi connectivity index (χ0v) is 12.1. The second-order valence-corrected chi connectivity index (χ2v) is 4.81. The summed E-state index contributed by atoms with van der Waals surface area (Å²) in [5.41, 5.74) is 7.52. The standard InChI is InChI=1S/C16H20N2O2/c1-4-19-16-14(17)8-9-15(18-16)20-13-7-5-6-12(10-13)11(2)3/h5-11H,4,17H2,1-3H3. The summed E-state index contributed by atoms with van der Waals surface area (Å²) < 4.78 is 11.1. The maximum absolute atomic E-state index is 5.79. The van der Waals surface area contributed by atoms with Crippen molar-refractivity contribution in [2.75, 3.05) is 12.3 Å². The van der Waals surface area contributed by atoms with Gasteiger partial charge in [-0.05, 0) is 36.6 Å². The van der Waals surface area contributed by atoms with Crippen molar-refractivity contribution in [3.63, 3.8) is 0 Å². The lowest BCUT2D eigenvalue weighted by atomic mass is 10.0. The number of rotatable bonds is 5. The molecule has 2 N–H and O–H groups in total. The Morgan fingerprint density at radius 2 is 2.00 bits per heavy atom. The first-order valence-corrected chi connectivity index (χ1v) is 6.77. The van der Waals surface area contributed by atoms with E-state index in [0.717, 1.165) is 5.75 Å². The van der Waals surface area contributed by atoms with Gasteiger partial charge in [0, 0.05) is 6.07 Å². The summed E-state index contributed by atoms with van der Waals surface area (Å²) in [6, 6.07) is 11.5. The van der Waals surface area contributed by atoms with Gasteiger partial charge in [0.2, 0.25) is 11.8 Å². The molecular weight excluding hydrogens is 252 g/mol. The first kappa shape index (κ1) is 14.2. The molecule has 0 aliphatic heterocycles. The van der Waals surface area contributed by atoms with Gasteiger partial charge in [0.05, 0.1) is 12.3 Å². The Kier molecular flexibility index (Phi) is 4.45. The summed E-state index contributed by atoms with van der Waals surface area (Å²) in [6.45, 7) is 6.70. The predicted molar refractivity (Wildman–Crippen MR) is 80.4 cm³/mol. The average molecular weight is 272 g/mol. The molecule has 0 saturated heterocycles. The minimum atomic E-state index is 0.407. The van der Waals surface area contributed by atoms with Crippen molar-refractivity contribution in [2.45, 2.75) is 26.7 Å². The molecule has 0 fully saturated rings. The van der Waals surface area contributed by atoms with Gasteiger partial charge in [-0.1, -0.05) is 26.0 Å². The quantitative estimate of drug-likeness (QED) is 0.894. The lowest BCUT2D eigenvalue weighted by molar-refractivity contribution is 0.323. The number of nitrogen functional groups attached to an aromatic ring is 1. The monoisotopic (exact) mass is 272 g/mol. The van der Waals surface area contributed by atoms with Crippen LogP contribution in [0.3, 0.4) is 0 Å². The van der Waals surface area contributed by atoms with Crippen molar-refractivity contribution in [2.24, 2.45) is 0 Å². The van der Waals surface area contributed by atoms with E-state index in [1.807, 2.05) is 25.1 Å². The summed E-state index contributed by atoms with van der Waals surface area (Å²) in [4.78, 5) is 4.26. The number of nitrogens with zero attached hydrogens (tertiary/aromatic N) is 1. The lowest BCUT2D eigenvalue weighted by Gasteiger charge is -2.11. The smallest absolute Gasteiger partial charge is 0.240 e. The van der Waals surface area contributed by atoms with Crippen LogP contribution >= 0.6 is 0 Å². The first-order chi connectivity index (χ1) is 9.60. The van der Waals surface area contributed by atoms with Crippen LogP contribution in [0.2, 0.25) is 0 Å². The largest absolute Gasteiger partial charge is 0.476 e. The molecule has 0 amide bonds. The van der Waals surface area contributed by atoms with Crippen LogP contribution < -0.4 is 15.2 Å². The molecule has 0 saturated carbocycles. The molecule has 0 aliphatic rings. The predicted octanol–water partition coefficient (Wildman–Crippen LogP) is 3.98. The van der Waals surface area contributed by atoms with Gasteiger partial charge >= 0.3 is 0 Å². The zero-order chi connectivity index (χ0) is 14.5. The van der Waals surface area contributed by atoms with Gasteiger partial charge in [-0.15, -0.1) is 0 Å². The van der Waals surface area contributed by atoms with Crippen LogP contribution in [0.4, 0.5) is 5.69 Å². The van der Waals surface area contributed by atoms with E-state index in [2.05, 4.69) is 24.9 Å². The fraction of sp³-hybridized carbons (Fsp3) is 0.312. The third-order valence-electron chi connectivity index (χ3n) is 2.89. The van der Waals surface area contributed by atoms with Crippen LogP contribution in [0.15, 0.2) is 36.4 Å². The van der Waals surface area contributed by atoms with E-state index in [9.17, 15) is 0 Å². The van der Waals surface area contributed by atoms with Crippen LogP contribution in [0.25, 0.3) is 0 Å². The second-order valence-electron chi connectivity index (χ2n) is 4.81. The summed E-state index contributed by atoms with van der Waals surface area (Å²) in [5.74, 6) is 2.10. The van der Waals surface area contributed by atoms with Gasteiger partial charge in [0.15, 0.2) is 0 Å². The van der Waals surface area contributed by atoms with Crippen molar-refractivity contribution in [3.05, 3.63) is 42.0 Å². The molecule has 106 valence electrons. The van der Waals surface area contributed by atoms with Crippen LogP contribution in [0.5, 0.6) is 17.5 Å². The van der Waals surface area contributed by atoms with Crippen molar-refractivity contribution in [3.8, 4) is 17.5 Å². The molecule has 20 heavy (non-hydrogen) atoms. The average Bonchev–Trinajstić information content (AvgIpc) is 2.43. The van der Waals surface area contributed by atoms with Gasteiger partial charge in [-0.25, -0.2) is 0 Å². The number of pyridine rings is 1. The molecule has 1 heterocycles. The van der Waals surface area contributed by atoms with E-state index >= 15 is 0 Å². The van der Waals surface area contributed by atoms with Crippen molar-refractivity contribution < 1.29 is 9.47 Å². The Morgan fingerprint density at radius 3 is 2.70 bits per heavy atom. The lowest BCUT2D eigenvalue weighted by Crippen LogP contribution is -2.00. The Balaban J connectivity index is 2.21. The van der Waals surface area contributed by atoms with Crippen LogP contribution in [-0.2, 0) is 0 Å². The maximum Gasteiger partial charge on any atom is 0.240 e. The maximum atomic E-state index is 5.79. The van der Waals surface area contributed by atoms with E-state index < -0.39 is 0 Å². The van der Waals surface area contributed by atoms with Crippen LogP contribution in [-0.4, -0.2) is 11.6 Å². The third-order valence-corrected chi connectivity index (χ3v) is 2.89. The van der Waals surface area contributed by atoms with E-state index in [0.29, 0.717) is 30.0 Å². The Morgan fingerprint density at radius 1 is 1.20 bits per heavy atom. The van der Waals surface area contributed by atoms with Crippen molar-refractivity contribution in [1.29, 1.82) is 0 Å². The first-order valence-electron chi connectivity index (χ1n) is 6.77. The highest BCUT2D eigenvalue weighted by atomic mass is 16.5. The summed E-state index contributed by atoms with van der Waals surface area (Å²) in [6.07, 6.45) is 0. The minimum Gasteiger partial charge on any atom is -0.476 e. The third kappa shape index (κ3) is 3.41. The number of benzene rings is 1. The fourth-order valence-electron chi connectivity index (χ4n) is 1.80. The van der Waals surface area contributed by atoms with Gasteiger partial charge in [0.1, 0.15) is 5.75 Å². The number of hydrogen-bond acceptors (Lipinski definition) is 4. The second kappa shape index (κ2) is 6.28. The molecule has 2 aromatic rings. The number of hydrogen-bond donors (Lipinski definition) is 1. The highest BCUT2D eigenvalue weighted by Gasteiger charge is 2.07. The summed E-state index contributed by atoms with van der Waals surface area (Å²) in [7, 11) is 0. The fourth-order valence-corrected chi connectivity index (χ4v) is 1.80. The van der Waals surface area contributed by atoms with Crippen LogP contribution in [0, 0.1) is 0 Å². The highest BCUT2D eigenvalue weighted by molar-refractivity contribution is 5.49. The molecule has 4 nitrogen and oxygen atoms in total. The Labute approximate surface area is 119 Å². The normalized spacial score (nSPS) is 10.6. The SMILES string of the molecule is CCOc1nc(Oc2cccc(C(C)C)c2)ccc1N. The van der Waals surface area contributed by atoms with Crippen LogP contribution in [0.1, 0.15) is 32.3 Å². The Bertz CT molecular complexity index is 582. The summed E-state index contributed by atoms with van der Waals surface area (Å²) in [5, 5.41) is 0. The van der Waals surface area contributed by atoms with Crippen molar-refractivity contribution in [1.82, 2.24) is 4.98 Å². The van der Waals surface area contributed by atoms with E-state index in [1.54, 1.807) is 12.1 Å². The van der Waals surface area contributed by atoms with Gasteiger partial charge in [0.25, 0.3) is 0 Å². The van der Waals surface area contributed by atoms with E-state index in [-0.39, 0.29) is 0 Å². The van der Waals surface area contributed by atoms with E-state index in [4.69, 9.17) is 15.2 Å². The molecule has 0 unspecified atom stereocenters. The molecule has 0 radical (unpaired) electrons. The molecule has 2 rings (SSSR count). The molecule has 1 aromatic carbocycles. The molecule has 1 aromatic heterocycles. The van der Waals surface area contributed by atoms with Crippen molar-refractivity contribution >= 4 is 5.69 Å². The molecular formula is C16H20N2O2. The highest BCUT2D eigenvalue weighted by Crippen LogP contribution is 2.27. The summed E-state index contributed by atoms with van der Waals surface area (Å²) >= 11 is 0. The number of nitrogens with two attached hydrogens (primary N) is 1. The molecule has 0 atom stereocenters. The number of anilines is 1. The molecule has 4 heteroatoms. The van der Waals surface area contributed by atoms with E-state index in [1.165, 1.54) is 5.56 Å². The molecule has 0 aliphatic carbocycles. The van der Waals surface area contributed by atoms with Gasteiger partial charge in [-0.2, -0.15) is 4.98 Å². The Hall–Kier alpha value is -2.23. The zero-order valence-electron chi connectivity index (χ0n) is 12.1. The molecule has 0 spiro atoms. The van der Waals surface area contributed by atoms with Gasteiger partial charge in [-0.3, -0.25) is 0 Å². The number of aromatic nitrogens is 1. The minimum absolute atomic E-state index is 0.407. The molecule has 0 bridgehead atoms.